The summed E-state index contributed by atoms with van der Waals surface area (Å²) in [5.41, 5.74) is 1.13. The third-order valence-corrected chi connectivity index (χ3v) is 3.61. The monoisotopic (exact) mass is 390 g/mol. The first-order chi connectivity index (χ1) is 11.5. The molecule has 2 rings (SSSR count). The van der Waals surface area contributed by atoms with E-state index in [1.165, 1.54) is 20.3 Å². The van der Waals surface area contributed by atoms with Gasteiger partial charge in [0.1, 0.15) is 0 Å². The molecule has 2 aromatic carbocycles. The molecule has 2 aromatic rings. The summed E-state index contributed by atoms with van der Waals surface area (Å²) in [6, 6.07) is 11.8. The lowest BCUT2D eigenvalue weighted by Crippen LogP contribution is -2.09. The number of benzene rings is 2. The van der Waals surface area contributed by atoms with Gasteiger partial charge in [0.2, 0.25) is 0 Å². The Balaban J connectivity index is 2.18. The number of ether oxygens (including phenoxy) is 3. The fourth-order valence-electron chi connectivity index (χ4n) is 1.85. The van der Waals surface area contributed by atoms with Crippen LogP contribution in [0.3, 0.4) is 0 Å². The summed E-state index contributed by atoms with van der Waals surface area (Å²) < 4.78 is 16.0. The van der Waals surface area contributed by atoms with Crippen LogP contribution >= 0.6 is 15.9 Å². The number of esters is 2. The van der Waals surface area contributed by atoms with Gasteiger partial charge in [0, 0.05) is 10.5 Å². The van der Waals surface area contributed by atoms with Crippen molar-refractivity contribution in [3.8, 4) is 11.5 Å². The van der Waals surface area contributed by atoms with Crippen LogP contribution < -0.4 is 9.47 Å². The molecular formula is C18H15BrO5. The molecule has 0 aliphatic carbocycles. The van der Waals surface area contributed by atoms with Gasteiger partial charge >= 0.3 is 11.9 Å². The fourth-order valence-corrected chi connectivity index (χ4v) is 2.11. The van der Waals surface area contributed by atoms with Gasteiger partial charge in [-0.25, -0.2) is 9.59 Å². The van der Waals surface area contributed by atoms with Crippen molar-refractivity contribution in [1.29, 1.82) is 0 Å². The molecule has 124 valence electrons. The Morgan fingerprint density at radius 1 is 1.00 bits per heavy atom. The Kier molecular flexibility index (Phi) is 6.14. The first-order valence-electron chi connectivity index (χ1n) is 6.95. The maximum atomic E-state index is 12.2. The Hall–Kier alpha value is -2.60. The van der Waals surface area contributed by atoms with E-state index in [1.54, 1.807) is 48.5 Å². The van der Waals surface area contributed by atoms with Crippen LogP contribution in [0.25, 0.3) is 6.08 Å². The number of methoxy groups -OCH3 is 2. The molecule has 0 aliphatic heterocycles. The molecule has 0 unspecified atom stereocenters. The van der Waals surface area contributed by atoms with E-state index < -0.39 is 11.9 Å². The van der Waals surface area contributed by atoms with Crippen molar-refractivity contribution in [2.75, 3.05) is 14.2 Å². The Bertz CT molecular complexity index is 765. The van der Waals surface area contributed by atoms with Gasteiger partial charge in [0.15, 0.2) is 11.5 Å². The second-order valence-corrected chi connectivity index (χ2v) is 5.58. The predicted octanol–water partition coefficient (Wildman–Crippen LogP) is 3.86. The third-order valence-electron chi connectivity index (χ3n) is 3.08. The maximum Gasteiger partial charge on any atom is 0.343 e. The number of halogens is 1. The fraction of sp³-hybridized carbons (Fsp3) is 0.111. The molecule has 0 heterocycles. The van der Waals surface area contributed by atoms with E-state index in [0.717, 1.165) is 4.47 Å². The average Bonchev–Trinajstić information content (AvgIpc) is 2.60. The average molecular weight is 391 g/mol. The van der Waals surface area contributed by atoms with Crippen LogP contribution in [-0.2, 0) is 9.53 Å². The molecule has 0 bridgehead atoms. The van der Waals surface area contributed by atoms with Gasteiger partial charge in [-0.2, -0.15) is 0 Å². The Morgan fingerprint density at radius 3 is 2.33 bits per heavy atom. The summed E-state index contributed by atoms with van der Waals surface area (Å²) in [4.78, 5) is 23.3. The molecule has 0 N–H and O–H groups in total. The lowest BCUT2D eigenvalue weighted by molar-refractivity contribution is -0.134. The second kappa shape index (κ2) is 8.31. The molecule has 0 fully saturated rings. The first-order valence-corrected chi connectivity index (χ1v) is 7.74. The minimum Gasteiger partial charge on any atom is -0.493 e. The van der Waals surface area contributed by atoms with E-state index in [-0.39, 0.29) is 0 Å². The summed E-state index contributed by atoms with van der Waals surface area (Å²) in [5.74, 6) is -0.272. The normalized spacial score (nSPS) is 10.5. The first kappa shape index (κ1) is 17.7. The van der Waals surface area contributed by atoms with E-state index >= 15 is 0 Å². The van der Waals surface area contributed by atoms with E-state index in [1.807, 2.05) is 0 Å². The zero-order chi connectivity index (χ0) is 17.5. The van der Waals surface area contributed by atoms with E-state index in [9.17, 15) is 9.59 Å². The quantitative estimate of drug-likeness (QED) is 0.440. The predicted molar refractivity (Wildman–Crippen MR) is 93.1 cm³/mol. The molecule has 0 spiro atoms. The third kappa shape index (κ3) is 4.70. The topological polar surface area (TPSA) is 61.8 Å². The highest BCUT2D eigenvalue weighted by atomic mass is 79.9. The van der Waals surface area contributed by atoms with Gasteiger partial charge in [0.25, 0.3) is 0 Å². The number of hydrogen-bond acceptors (Lipinski definition) is 5. The summed E-state index contributed by atoms with van der Waals surface area (Å²) in [7, 11) is 2.78. The van der Waals surface area contributed by atoms with Crippen LogP contribution in [-0.4, -0.2) is 26.2 Å². The zero-order valence-corrected chi connectivity index (χ0v) is 14.7. The van der Waals surface area contributed by atoms with Gasteiger partial charge in [-0.1, -0.05) is 22.0 Å². The molecule has 0 amide bonds. The van der Waals surface area contributed by atoms with Gasteiger partial charge in [-0.15, -0.1) is 0 Å². The molecule has 0 radical (unpaired) electrons. The van der Waals surface area contributed by atoms with E-state index in [4.69, 9.17) is 9.47 Å². The molecule has 6 heteroatoms. The molecule has 0 aliphatic rings. The van der Waals surface area contributed by atoms with Crippen LogP contribution in [0.5, 0.6) is 11.5 Å². The van der Waals surface area contributed by atoms with Gasteiger partial charge in [0.05, 0.1) is 19.8 Å². The second-order valence-electron chi connectivity index (χ2n) is 4.66. The minimum atomic E-state index is -0.487. The SMILES string of the molecule is COC(=O)/C=C/c1ccc(OC(=O)c2ccc(Br)cc2)c(OC)c1. The zero-order valence-electron chi connectivity index (χ0n) is 13.1. The molecule has 0 saturated carbocycles. The number of carbonyl (C=O) groups is 2. The standard InChI is InChI=1S/C18H15BrO5/c1-22-16-11-12(4-10-17(20)23-2)3-9-15(16)24-18(21)13-5-7-14(19)8-6-13/h3-11H,1-2H3/b10-4+. The van der Waals surface area contributed by atoms with Crippen LogP contribution in [0.2, 0.25) is 0 Å². The van der Waals surface area contributed by atoms with Crippen LogP contribution in [0.1, 0.15) is 15.9 Å². The smallest absolute Gasteiger partial charge is 0.343 e. The largest absolute Gasteiger partial charge is 0.493 e. The van der Waals surface area contributed by atoms with Crippen LogP contribution in [0.4, 0.5) is 0 Å². The van der Waals surface area contributed by atoms with Gasteiger partial charge < -0.3 is 14.2 Å². The molecule has 5 nitrogen and oxygen atoms in total. The lowest BCUT2D eigenvalue weighted by Gasteiger charge is -2.10. The summed E-state index contributed by atoms with van der Waals surface area (Å²) in [6.07, 6.45) is 2.87. The van der Waals surface area contributed by atoms with Crippen LogP contribution in [0, 0.1) is 0 Å². The van der Waals surface area contributed by atoms with Crippen molar-refractivity contribution in [2.24, 2.45) is 0 Å². The van der Waals surface area contributed by atoms with E-state index in [0.29, 0.717) is 22.6 Å². The number of carbonyl (C=O) groups excluding carboxylic acids is 2. The van der Waals surface area contributed by atoms with Gasteiger partial charge in [-0.05, 0) is 48.0 Å². The van der Waals surface area contributed by atoms with Crippen molar-refractivity contribution in [2.45, 2.75) is 0 Å². The highest BCUT2D eigenvalue weighted by Gasteiger charge is 2.12. The number of rotatable bonds is 5. The molecular weight excluding hydrogens is 376 g/mol. The molecule has 24 heavy (non-hydrogen) atoms. The van der Waals surface area contributed by atoms with Crippen molar-refractivity contribution in [3.63, 3.8) is 0 Å². The highest BCUT2D eigenvalue weighted by molar-refractivity contribution is 9.10. The number of hydrogen-bond donors (Lipinski definition) is 0. The Morgan fingerprint density at radius 2 is 1.71 bits per heavy atom. The summed E-state index contributed by atoms with van der Waals surface area (Å²) in [5, 5.41) is 0. The molecule has 0 saturated heterocycles. The molecule has 0 aromatic heterocycles. The minimum absolute atomic E-state index is 0.292. The van der Waals surface area contributed by atoms with Crippen molar-refractivity contribution < 1.29 is 23.8 Å². The van der Waals surface area contributed by atoms with Crippen LogP contribution in [0.15, 0.2) is 53.0 Å². The van der Waals surface area contributed by atoms with Crippen molar-refractivity contribution in [1.82, 2.24) is 0 Å². The molecule has 0 atom stereocenters. The summed E-state index contributed by atoms with van der Waals surface area (Å²) in [6.45, 7) is 0. The Labute approximate surface area is 148 Å². The lowest BCUT2D eigenvalue weighted by atomic mass is 10.2. The van der Waals surface area contributed by atoms with Crippen molar-refractivity contribution in [3.05, 3.63) is 64.1 Å². The van der Waals surface area contributed by atoms with E-state index in [2.05, 4.69) is 20.7 Å². The van der Waals surface area contributed by atoms with Crippen molar-refractivity contribution >= 4 is 33.9 Å². The maximum absolute atomic E-state index is 12.2. The summed E-state index contributed by atoms with van der Waals surface area (Å²) >= 11 is 3.31. The van der Waals surface area contributed by atoms with Gasteiger partial charge in [-0.3, -0.25) is 0 Å². The highest BCUT2D eigenvalue weighted by Crippen LogP contribution is 2.29.